The Hall–Kier alpha value is -3.26. The first-order valence-electron chi connectivity index (χ1n) is 10.8. The first-order chi connectivity index (χ1) is 15.3. The highest BCUT2D eigenvalue weighted by Gasteiger charge is 2.31. The van der Waals surface area contributed by atoms with Crippen LogP contribution in [0.1, 0.15) is 30.6 Å². The van der Waals surface area contributed by atoms with Crippen LogP contribution in [0.4, 0.5) is 21.5 Å². The monoisotopic (exact) mass is 438 g/mol. The first kappa shape index (κ1) is 22.0. The second kappa shape index (κ2) is 9.08. The number of fused-ring (bicyclic) bond motifs is 1. The van der Waals surface area contributed by atoms with Gasteiger partial charge in [0, 0.05) is 44.2 Å². The molecule has 32 heavy (non-hydrogen) atoms. The number of hydrogen-bond donors (Lipinski definition) is 1. The van der Waals surface area contributed by atoms with Crippen LogP contribution in [0.15, 0.2) is 42.5 Å². The minimum atomic E-state index is -0.408. The van der Waals surface area contributed by atoms with Crippen LogP contribution in [0.5, 0.6) is 0 Å². The molecule has 2 aliphatic heterocycles. The fourth-order valence-corrected chi connectivity index (χ4v) is 4.36. The maximum absolute atomic E-state index is 14.5. The summed E-state index contributed by atoms with van der Waals surface area (Å²) in [4.78, 5) is 42.6. The number of nitrogens with zero attached hydrogens (tertiary/aromatic N) is 3. The van der Waals surface area contributed by atoms with Gasteiger partial charge in [0.1, 0.15) is 5.82 Å². The molecule has 0 saturated carbocycles. The number of Topliss-reactive ketones (excluding diaryl/α,β-unsaturated/α-hetero) is 1. The Morgan fingerprint density at radius 1 is 1.06 bits per heavy atom. The van der Waals surface area contributed by atoms with Gasteiger partial charge in [0.15, 0.2) is 5.78 Å². The van der Waals surface area contributed by atoms with Gasteiger partial charge in [-0.3, -0.25) is 19.3 Å². The summed E-state index contributed by atoms with van der Waals surface area (Å²) >= 11 is 0. The lowest BCUT2D eigenvalue weighted by molar-refractivity contribution is -0.120. The second-order valence-corrected chi connectivity index (χ2v) is 8.37. The molecule has 1 saturated heterocycles. The minimum Gasteiger partial charge on any atom is -0.367 e. The third-order valence-electron chi connectivity index (χ3n) is 6.05. The predicted molar refractivity (Wildman–Crippen MR) is 122 cm³/mol. The number of nitrogens with one attached hydrogen (secondary N) is 1. The summed E-state index contributed by atoms with van der Waals surface area (Å²) in [6.45, 7) is 5.91. The fourth-order valence-electron chi connectivity index (χ4n) is 4.36. The van der Waals surface area contributed by atoms with Crippen LogP contribution in [0.2, 0.25) is 0 Å². The van der Waals surface area contributed by atoms with Crippen LogP contribution in [0.3, 0.4) is 0 Å². The smallest absolute Gasteiger partial charge is 0.241 e. The molecule has 168 valence electrons. The molecular formula is C24H27FN4O3. The van der Waals surface area contributed by atoms with E-state index in [0.29, 0.717) is 48.8 Å². The quantitative estimate of drug-likeness (QED) is 0.744. The van der Waals surface area contributed by atoms with Gasteiger partial charge in [-0.1, -0.05) is 12.1 Å². The van der Waals surface area contributed by atoms with Crippen molar-refractivity contribution in [3.8, 4) is 0 Å². The largest absolute Gasteiger partial charge is 0.367 e. The molecule has 2 amide bonds. The normalized spacial score (nSPS) is 19.2. The van der Waals surface area contributed by atoms with Crippen molar-refractivity contribution in [3.63, 3.8) is 0 Å². The average molecular weight is 439 g/mol. The number of carbonyl (C=O) groups is 3. The van der Waals surface area contributed by atoms with E-state index in [-0.39, 0.29) is 36.6 Å². The van der Waals surface area contributed by atoms with E-state index in [9.17, 15) is 18.8 Å². The number of amides is 2. The van der Waals surface area contributed by atoms with E-state index in [1.54, 1.807) is 23.1 Å². The van der Waals surface area contributed by atoms with Gasteiger partial charge in [-0.25, -0.2) is 4.39 Å². The number of hydrogen-bond acceptors (Lipinski definition) is 5. The molecule has 1 fully saturated rings. The van der Waals surface area contributed by atoms with Gasteiger partial charge in [-0.2, -0.15) is 0 Å². The lowest BCUT2D eigenvalue weighted by Gasteiger charge is -2.37. The van der Waals surface area contributed by atoms with Crippen LogP contribution in [0.25, 0.3) is 0 Å². The maximum atomic E-state index is 14.5. The van der Waals surface area contributed by atoms with Gasteiger partial charge in [-0.15, -0.1) is 0 Å². The van der Waals surface area contributed by atoms with E-state index in [4.69, 9.17) is 0 Å². The van der Waals surface area contributed by atoms with Crippen molar-refractivity contribution >= 4 is 34.7 Å². The Bertz CT molecular complexity index is 1050. The standard InChI is InChI=1S/C24H27FN4O3/c1-16-13-23(31)26-20-5-3-4-6-22(20)29(16)24(32)15-27-9-11-28(12-10-27)21-8-7-18(17(2)30)14-19(21)25/h3-8,14,16H,9-13,15H2,1-2H3,(H,26,31)/t16-/m0/s1. The summed E-state index contributed by atoms with van der Waals surface area (Å²) in [5.74, 6) is -0.743. The van der Waals surface area contributed by atoms with Crippen molar-refractivity contribution in [3.05, 3.63) is 53.8 Å². The van der Waals surface area contributed by atoms with E-state index in [0.717, 1.165) is 0 Å². The van der Waals surface area contributed by atoms with Crippen molar-refractivity contribution in [1.29, 1.82) is 0 Å². The van der Waals surface area contributed by atoms with Gasteiger partial charge in [0.05, 0.1) is 23.6 Å². The molecule has 8 heteroatoms. The Kier molecular flexibility index (Phi) is 6.23. The van der Waals surface area contributed by atoms with Crippen LogP contribution in [-0.4, -0.2) is 61.3 Å². The molecule has 0 unspecified atom stereocenters. The van der Waals surface area contributed by atoms with E-state index < -0.39 is 5.82 Å². The molecule has 0 radical (unpaired) electrons. The zero-order chi connectivity index (χ0) is 22.8. The zero-order valence-corrected chi connectivity index (χ0v) is 18.3. The number of carbonyl (C=O) groups excluding carboxylic acids is 3. The summed E-state index contributed by atoms with van der Waals surface area (Å²) in [6.07, 6.45) is 0.240. The number of piperazine rings is 1. The Morgan fingerprint density at radius 3 is 2.47 bits per heavy atom. The van der Waals surface area contributed by atoms with Gasteiger partial charge in [0.25, 0.3) is 0 Å². The van der Waals surface area contributed by atoms with Gasteiger partial charge < -0.3 is 15.1 Å². The molecule has 0 aliphatic carbocycles. The van der Waals surface area contributed by atoms with Gasteiger partial charge >= 0.3 is 0 Å². The Balaban J connectivity index is 1.42. The molecule has 1 N–H and O–H groups in total. The van der Waals surface area contributed by atoms with Crippen molar-refractivity contribution < 1.29 is 18.8 Å². The molecule has 2 aromatic rings. The summed E-state index contributed by atoms with van der Waals surface area (Å²) in [6, 6.07) is 11.7. The van der Waals surface area contributed by atoms with Crippen LogP contribution in [0, 0.1) is 5.82 Å². The van der Waals surface area contributed by atoms with Gasteiger partial charge in [0.2, 0.25) is 11.8 Å². The van der Waals surface area contributed by atoms with Crippen molar-refractivity contribution in [2.24, 2.45) is 0 Å². The van der Waals surface area contributed by atoms with Crippen molar-refractivity contribution in [2.45, 2.75) is 26.3 Å². The van der Waals surface area contributed by atoms with Crippen molar-refractivity contribution in [2.75, 3.05) is 47.8 Å². The summed E-state index contributed by atoms with van der Waals surface area (Å²) in [5.41, 5.74) is 2.18. The second-order valence-electron chi connectivity index (χ2n) is 8.37. The Morgan fingerprint density at radius 2 is 1.78 bits per heavy atom. The molecule has 2 aliphatic rings. The SMILES string of the molecule is CC(=O)c1ccc(N2CCN(CC(=O)N3c4ccccc4NC(=O)C[C@@H]3C)CC2)c(F)c1. The lowest BCUT2D eigenvalue weighted by atomic mass is 10.1. The number of rotatable bonds is 4. The molecule has 2 heterocycles. The van der Waals surface area contributed by atoms with E-state index in [1.807, 2.05) is 30.0 Å². The molecule has 4 rings (SSSR count). The zero-order valence-electron chi connectivity index (χ0n) is 18.3. The number of para-hydroxylation sites is 2. The third-order valence-corrected chi connectivity index (χ3v) is 6.05. The molecule has 1 atom stereocenters. The van der Waals surface area contributed by atoms with Crippen molar-refractivity contribution in [1.82, 2.24) is 4.90 Å². The number of anilines is 3. The highest BCUT2D eigenvalue weighted by Crippen LogP contribution is 2.31. The van der Waals surface area contributed by atoms with E-state index in [1.165, 1.54) is 13.0 Å². The lowest BCUT2D eigenvalue weighted by Crippen LogP contribution is -2.51. The summed E-state index contributed by atoms with van der Waals surface area (Å²) in [7, 11) is 0. The number of ketones is 1. The molecular weight excluding hydrogens is 411 g/mol. The Labute approximate surface area is 186 Å². The average Bonchev–Trinajstić information content (AvgIpc) is 2.88. The maximum Gasteiger partial charge on any atom is 0.241 e. The topological polar surface area (TPSA) is 73.0 Å². The minimum absolute atomic E-state index is 0.0631. The van der Waals surface area contributed by atoms with Gasteiger partial charge in [-0.05, 0) is 44.2 Å². The summed E-state index contributed by atoms with van der Waals surface area (Å²) in [5, 5.41) is 2.87. The third kappa shape index (κ3) is 4.50. The highest BCUT2D eigenvalue weighted by atomic mass is 19.1. The molecule has 0 aromatic heterocycles. The molecule has 0 bridgehead atoms. The van der Waals surface area contributed by atoms with Crippen LogP contribution >= 0.6 is 0 Å². The summed E-state index contributed by atoms with van der Waals surface area (Å²) < 4.78 is 14.5. The fraction of sp³-hybridized carbons (Fsp3) is 0.375. The predicted octanol–water partition coefficient (Wildman–Crippen LogP) is 2.91. The van der Waals surface area contributed by atoms with Crippen LogP contribution in [-0.2, 0) is 9.59 Å². The molecule has 2 aromatic carbocycles. The number of halogens is 1. The first-order valence-corrected chi connectivity index (χ1v) is 10.8. The van der Waals surface area contributed by atoms with E-state index in [2.05, 4.69) is 10.2 Å². The molecule has 7 nitrogen and oxygen atoms in total. The number of benzene rings is 2. The molecule has 0 spiro atoms. The van der Waals surface area contributed by atoms with Crippen LogP contribution < -0.4 is 15.1 Å². The highest BCUT2D eigenvalue weighted by molar-refractivity contribution is 6.05. The van der Waals surface area contributed by atoms with E-state index >= 15 is 0 Å².